The van der Waals surface area contributed by atoms with E-state index in [1.165, 1.54) is 19.2 Å². The molecule has 0 aromatic heterocycles. The van der Waals surface area contributed by atoms with Crippen LogP contribution in [0.15, 0.2) is 42.5 Å². The third-order valence-corrected chi connectivity index (χ3v) is 3.39. The fourth-order valence-corrected chi connectivity index (χ4v) is 2.08. The number of rotatable bonds is 6. The highest BCUT2D eigenvalue weighted by molar-refractivity contribution is 6.06. The van der Waals surface area contributed by atoms with Gasteiger partial charge in [0.25, 0.3) is 5.91 Å². The number of hydrogen-bond acceptors (Lipinski definition) is 5. The van der Waals surface area contributed by atoms with Gasteiger partial charge in [-0.1, -0.05) is 19.9 Å². The fourth-order valence-electron chi connectivity index (χ4n) is 2.08. The molecule has 0 aliphatic carbocycles. The number of para-hydroxylation sites is 1. The Bertz CT molecular complexity index is 753. The summed E-state index contributed by atoms with van der Waals surface area (Å²) in [5.74, 6) is -0.332. The molecule has 25 heavy (non-hydrogen) atoms. The summed E-state index contributed by atoms with van der Waals surface area (Å²) in [6.45, 7) is 4.70. The highest BCUT2D eigenvalue weighted by Gasteiger charge is 2.16. The molecule has 0 heterocycles. The van der Waals surface area contributed by atoms with E-state index in [1.807, 2.05) is 0 Å². The predicted octanol–water partition coefficient (Wildman–Crippen LogP) is 3.47. The molecular formula is C19H21NO5. The van der Waals surface area contributed by atoms with Crippen molar-refractivity contribution >= 4 is 17.6 Å². The first-order valence-corrected chi connectivity index (χ1v) is 7.87. The molecule has 0 saturated carbocycles. The molecule has 6 heteroatoms. The lowest BCUT2D eigenvalue weighted by atomic mass is 10.1. The lowest BCUT2D eigenvalue weighted by Crippen LogP contribution is -2.13. The van der Waals surface area contributed by atoms with Crippen molar-refractivity contribution in [3.63, 3.8) is 0 Å². The number of hydrogen-bond donors (Lipinski definition) is 2. The number of esters is 1. The number of ether oxygens (including phenoxy) is 2. The second-order valence-electron chi connectivity index (χ2n) is 5.88. The van der Waals surface area contributed by atoms with Gasteiger partial charge in [-0.3, -0.25) is 4.79 Å². The summed E-state index contributed by atoms with van der Waals surface area (Å²) in [5.41, 5.74) is 0.519. The first-order valence-electron chi connectivity index (χ1n) is 7.87. The summed E-state index contributed by atoms with van der Waals surface area (Å²) >= 11 is 0. The van der Waals surface area contributed by atoms with Gasteiger partial charge in [0.2, 0.25) is 0 Å². The van der Waals surface area contributed by atoms with Gasteiger partial charge in [-0.2, -0.15) is 0 Å². The van der Waals surface area contributed by atoms with Crippen LogP contribution in [0.4, 0.5) is 5.69 Å². The summed E-state index contributed by atoms with van der Waals surface area (Å²) in [6, 6.07) is 11.1. The minimum atomic E-state index is -0.680. The number of phenolic OH excluding ortho intramolecular Hbond substituents is 1. The van der Waals surface area contributed by atoms with Crippen molar-refractivity contribution in [3.8, 4) is 11.5 Å². The minimum Gasteiger partial charge on any atom is -0.505 e. The largest absolute Gasteiger partial charge is 0.505 e. The first kappa shape index (κ1) is 18.3. The van der Waals surface area contributed by atoms with E-state index in [4.69, 9.17) is 4.74 Å². The predicted molar refractivity (Wildman–Crippen MR) is 94.2 cm³/mol. The molecule has 6 nitrogen and oxygen atoms in total. The summed E-state index contributed by atoms with van der Waals surface area (Å²) in [5, 5.41) is 12.7. The maximum absolute atomic E-state index is 12.3. The van der Waals surface area contributed by atoms with Gasteiger partial charge in [0.15, 0.2) is 5.75 Å². The summed E-state index contributed by atoms with van der Waals surface area (Å²) in [7, 11) is 1.22. The van der Waals surface area contributed by atoms with E-state index >= 15 is 0 Å². The van der Waals surface area contributed by atoms with Crippen LogP contribution < -0.4 is 10.1 Å². The molecule has 0 aliphatic heterocycles. The van der Waals surface area contributed by atoms with Crippen molar-refractivity contribution < 1.29 is 24.2 Å². The van der Waals surface area contributed by atoms with Gasteiger partial charge < -0.3 is 19.9 Å². The molecule has 0 unspecified atom stereocenters. The van der Waals surface area contributed by atoms with Crippen molar-refractivity contribution in [1.29, 1.82) is 0 Å². The Morgan fingerprint density at radius 1 is 1.12 bits per heavy atom. The van der Waals surface area contributed by atoms with E-state index in [0.717, 1.165) is 0 Å². The van der Waals surface area contributed by atoms with E-state index < -0.39 is 11.9 Å². The first-order chi connectivity index (χ1) is 11.9. The maximum atomic E-state index is 12.3. The Labute approximate surface area is 146 Å². The van der Waals surface area contributed by atoms with Crippen LogP contribution in [0, 0.1) is 5.92 Å². The second-order valence-corrected chi connectivity index (χ2v) is 5.88. The van der Waals surface area contributed by atoms with Gasteiger partial charge in [-0.15, -0.1) is 0 Å². The van der Waals surface area contributed by atoms with Crippen LogP contribution in [0.1, 0.15) is 34.6 Å². The van der Waals surface area contributed by atoms with Crippen molar-refractivity contribution in [3.05, 3.63) is 53.6 Å². The third kappa shape index (κ3) is 4.73. The molecule has 0 atom stereocenters. The molecule has 1 amide bonds. The summed E-state index contributed by atoms with van der Waals surface area (Å²) in [4.78, 5) is 23.9. The minimum absolute atomic E-state index is 0.0160. The molecule has 0 fully saturated rings. The Morgan fingerprint density at radius 2 is 1.80 bits per heavy atom. The van der Waals surface area contributed by atoms with Crippen LogP contribution in [-0.4, -0.2) is 30.7 Å². The van der Waals surface area contributed by atoms with Crippen LogP contribution in [-0.2, 0) is 4.74 Å². The van der Waals surface area contributed by atoms with Crippen molar-refractivity contribution in [2.24, 2.45) is 5.92 Å². The van der Waals surface area contributed by atoms with Gasteiger partial charge in [-0.05, 0) is 42.3 Å². The topological polar surface area (TPSA) is 84.9 Å². The van der Waals surface area contributed by atoms with Crippen LogP contribution in [0.5, 0.6) is 11.5 Å². The highest BCUT2D eigenvalue weighted by atomic mass is 16.5. The van der Waals surface area contributed by atoms with Gasteiger partial charge in [-0.25, -0.2) is 4.79 Å². The number of nitrogens with one attached hydrogen (secondary N) is 1. The second kappa shape index (κ2) is 8.19. The maximum Gasteiger partial charge on any atom is 0.341 e. The number of phenols is 1. The monoisotopic (exact) mass is 343 g/mol. The number of aromatic hydroxyl groups is 1. The Kier molecular flexibility index (Phi) is 6.00. The quantitative estimate of drug-likeness (QED) is 0.620. The average molecular weight is 343 g/mol. The van der Waals surface area contributed by atoms with Crippen LogP contribution in [0.2, 0.25) is 0 Å². The zero-order valence-electron chi connectivity index (χ0n) is 14.4. The molecular weight excluding hydrogens is 322 g/mol. The number of methoxy groups -OCH3 is 1. The lowest BCUT2D eigenvalue weighted by Gasteiger charge is -2.11. The SMILES string of the molecule is COC(=O)c1cccc(NC(=O)c2ccc(OCC(C)C)cc2)c1O. The van der Waals surface area contributed by atoms with Gasteiger partial charge in [0, 0.05) is 5.56 Å². The normalized spacial score (nSPS) is 10.4. The fraction of sp³-hybridized carbons (Fsp3) is 0.263. The van der Waals surface area contributed by atoms with Crippen LogP contribution in [0.3, 0.4) is 0 Å². The number of carbonyl (C=O) groups excluding carboxylic acids is 2. The number of benzene rings is 2. The number of amides is 1. The van der Waals surface area contributed by atoms with Gasteiger partial charge >= 0.3 is 5.97 Å². The van der Waals surface area contributed by atoms with E-state index in [2.05, 4.69) is 23.9 Å². The molecule has 0 bridgehead atoms. The summed E-state index contributed by atoms with van der Waals surface area (Å²) in [6.07, 6.45) is 0. The molecule has 2 aromatic carbocycles. The van der Waals surface area contributed by atoms with E-state index in [1.54, 1.807) is 30.3 Å². The zero-order valence-corrected chi connectivity index (χ0v) is 14.4. The van der Waals surface area contributed by atoms with Crippen LogP contribution in [0.25, 0.3) is 0 Å². The molecule has 0 aliphatic rings. The van der Waals surface area contributed by atoms with Gasteiger partial charge in [0.05, 0.1) is 19.4 Å². The van der Waals surface area contributed by atoms with Crippen LogP contribution >= 0.6 is 0 Å². The third-order valence-electron chi connectivity index (χ3n) is 3.39. The van der Waals surface area contributed by atoms with E-state index in [0.29, 0.717) is 23.8 Å². The number of carbonyl (C=O) groups is 2. The molecule has 132 valence electrons. The lowest BCUT2D eigenvalue weighted by molar-refractivity contribution is 0.0597. The zero-order chi connectivity index (χ0) is 18.4. The molecule has 0 saturated heterocycles. The Morgan fingerprint density at radius 3 is 2.40 bits per heavy atom. The van der Waals surface area contributed by atoms with Crippen molar-refractivity contribution in [2.75, 3.05) is 19.0 Å². The van der Waals surface area contributed by atoms with E-state index in [9.17, 15) is 14.7 Å². The molecule has 2 aromatic rings. The molecule has 2 N–H and O–H groups in total. The Hall–Kier alpha value is -3.02. The number of anilines is 1. The molecule has 2 rings (SSSR count). The smallest absolute Gasteiger partial charge is 0.341 e. The Balaban J connectivity index is 2.11. The van der Waals surface area contributed by atoms with Crippen molar-refractivity contribution in [2.45, 2.75) is 13.8 Å². The summed E-state index contributed by atoms with van der Waals surface area (Å²) < 4.78 is 10.2. The standard InChI is InChI=1S/C19H21NO5/c1-12(2)11-25-14-9-7-13(8-10-14)18(22)20-16-6-4-5-15(17(16)21)19(23)24-3/h4-10,12,21H,11H2,1-3H3,(H,20,22). The highest BCUT2D eigenvalue weighted by Crippen LogP contribution is 2.28. The van der Waals surface area contributed by atoms with Gasteiger partial charge in [0.1, 0.15) is 11.3 Å². The molecule has 0 radical (unpaired) electrons. The van der Waals surface area contributed by atoms with Crippen molar-refractivity contribution in [1.82, 2.24) is 0 Å². The average Bonchev–Trinajstić information content (AvgIpc) is 2.61. The molecule has 0 spiro atoms. The van der Waals surface area contributed by atoms with E-state index in [-0.39, 0.29) is 17.0 Å².